The molecule has 0 N–H and O–H groups in total. The molecule has 0 heterocycles. The van der Waals surface area contributed by atoms with E-state index in [9.17, 15) is 0 Å². The third-order valence-electron chi connectivity index (χ3n) is 2.93. The van der Waals surface area contributed by atoms with E-state index in [1.165, 1.54) is 11.1 Å². The van der Waals surface area contributed by atoms with Crippen LogP contribution in [-0.2, 0) is 4.74 Å². The number of rotatable bonds is 6. The minimum absolute atomic E-state index is 0.138. The van der Waals surface area contributed by atoms with Crippen molar-refractivity contribution in [1.82, 2.24) is 0 Å². The molecule has 112 valence electrons. The van der Waals surface area contributed by atoms with Gasteiger partial charge in [0.1, 0.15) is 12.4 Å². The van der Waals surface area contributed by atoms with Crippen molar-refractivity contribution in [3.05, 3.63) is 62.5 Å². The van der Waals surface area contributed by atoms with Crippen molar-refractivity contribution in [2.45, 2.75) is 4.83 Å². The molecule has 0 fully saturated rings. The van der Waals surface area contributed by atoms with Crippen molar-refractivity contribution in [3.63, 3.8) is 0 Å². The summed E-state index contributed by atoms with van der Waals surface area (Å²) in [6, 6.07) is 14.4. The maximum Gasteiger partial charge on any atom is 0.133 e. The van der Waals surface area contributed by atoms with Gasteiger partial charge in [-0.2, -0.15) is 0 Å². The van der Waals surface area contributed by atoms with Gasteiger partial charge in [-0.25, -0.2) is 0 Å². The number of methoxy groups -OCH3 is 1. The van der Waals surface area contributed by atoms with Gasteiger partial charge >= 0.3 is 0 Å². The Kier molecular flexibility index (Phi) is 6.74. The van der Waals surface area contributed by atoms with Gasteiger partial charge in [0.05, 0.1) is 15.9 Å². The van der Waals surface area contributed by atoms with Gasteiger partial charge in [-0.1, -0.05) is 50.1 Å². The zero-order valence-corrected chi connectivity index (χ0v) is 16.2. The fourth-order valence-electron chi connectivity index (χ4n) is 1.88. The summed E-state index contributed by atoms with van der Waals surface area (Å²) in [6.45, 7) is 1.12. The summed E-state index contributed by atoms with van der Waals surface area (Å²) in [4.78, 5) is 0.138. The van der Waals surface area contributed by atoms with Crippen molar-refractivity contribution in [2.75, 3.05) is 20.3 Å². The van der Waals surface area contributed by atoms with E-state index in [-0.39, 0.29) is 4.83 Å². The average Bonchev–Trinajstić information content (AvgIpc) is 2.48. The lowest BCUT2D eigenvalue weighted by Crippen LogP contribution is -2.05. The molecule has 0 radical (unpaired) electrons. The average molecular weight is 479 g/mol. The van der Waals surface area contributed by atoms with E-state index in [4.69, 9.17) is 9.47 Å². The molecule has 1 atom stereocenters. The molecule has 0 aliphatic rings. The molecule has 2 nitrogen and oxygen atoms in total. The second kappa shape index (κ2) is 8.32. The van der Waals surface area contributed by atoms with E-state index in [1.807, 2.05) is 18.2 Å². The van der Waals surface area contributed by atoms with E-state index in [0.717, 1.165) is 14.7 Å². The fraction of sp³-hybridized carbons (Fsp3) is 0.250. The van der Waals surface area contributed by atoms with Gasteiger partial charge in [0, 0.05) is 11.6 Å². The number of alkyl halides is 1. The highest BCUT2D eigenvalue weighted by atomic mass is 79.9. The Morgan fingerprint density at radius 3 is 2.43 bits per heavy atom. The van der Waals surface area contributed by atoms with Gasteiger partial charge in [0.25, 0.3) is 0 Å². The van der Waals surface area contributed by atoms with Gasteiger partial charge in [0.2, 0.25) is 0 Å². The van der Waals surface area contributed by atoms with Gasteiger partial charge in [-0.3, -0.25) is 0 Å². The summed E-state index contributed by atoms with van der Waals surface area (Å²) in [5, 5.41) is 0. The lowest BCUT2D eigenvalue weighted by Gasteiger charge is -2.14. The number of halogens is 3. The van der Waals surface area contributed by atoms with Gasteiger partial charge in [-0.15, -0.1) is 0 Å². The molecule has 21 heavy (non-hydrogen) atoms. The lowest BCUT2D eigenvalue weighted by molar-refractivity contribution is 0.146. The van der Waals surface area contributed by atoms with E-state index < -0.39 is 0 Å². The third-order valence-corrected chi connectivity index (χ3v) is 5.11. The number of ether oxygens (including phenoxy) is 2. The first-order valence-electron chi connectivity index (χ1n) is 6.42. The first kappa shape index (κ1) is 17.0. The Morgan fingerprint density at radius 1 is 1.00 bits per heavy atom. The molecule has 2 aromatic rings. The van der Waals surface area contributed by atoms with Gasteiger partial charge in [0.15, 0.2) is 0 Å². The monoisotopic (exact) mass is 476 g/mol. The summed E-state index contributed by atoms with van der Waals surface area (Å²) in [6.07, 6.45) is 0. The maximum atomic E-state index is 5.64. The molecule has 2 rings (SSSR count). The quantitative estimate of drug-likeness (QED) is 0.390. The molecular formula is C16H15Br3O2. The Labute approximate surface area is 150 Å². The molecule has 2 aromatic carbocycles. The van der Waals surface area contributed by atoms with Crippen molar-refractivity contribution in [2.24, 2.45) is 0 Å². The van der Waals surface area contributed by atoms with E-state index >= 15 is 0 Å². The van der Waals surface area contributed by atoms with Crippen LogP contribution in [0.15, 0.2) is 51.4 Å². The second-order valence-corrected chi connectivity index (χ2v) is 7.13. The molecule has 0 aromatic heterocycles. The first-order valence-corrected chi connectivity index (χ1v) is 8.92. The largest absolute Gasteiger partial charge is 0.490 e. The molecule has 0 spiro atoms. The van der Waals surface area contributed by atoms with Crippen molar-refractivity contribution >= 4 is 47.8 Å². The highest BCUT2D eigenvalue weighted by Crippen LogP contribution is 2.36. The molecule has 5 heteroatoms. The first-order chi connectivity index (χ1) is 10.1. The fourth-order valence-corrected chi connectivity index (χ4v) is 3.38. The smallest absolute Gasteiger partial charge is 0.133 e. The van der Waals surface area contributed by atoms with Crippen molar-refractivity contribution < 1.29 is 9.47 Å². The van der Waals surface area contributed by atoms with Crippen LogP contribution in [0.25, 0.3) is 0 Å². The molecule has 0 aliphatic carbocycles. The Hall–Kier alpha value is -0.360. The second-order valence-electron chi connectivity index (χ2n) is 4.45. The van der Waals surface area contributed by atoms with Crippen LogP contribution in [0.3, 0.4) is 0 Å². The zero-order chi connectivity index (χ0) is 15.2. The van der Waals surface area contributed by atoms with Crippen LogP contribution in [0.5, 0.6) is 5.75 Å². The number of hydrogen-bond acceptors (Lipinski definition) is 2. The van der Waals surface area contributed by atoms with Crippen LogP contribution >= 0.6 is 47.8 Å². The molecule has 1 unspecified atom stereocenters. The number of hydrogen-bond donors (Lipinski definition) is 0. The number of benzene rings is 2. The molecule has 0 aliphatic heterocycles. The van der Waals surface area contributed by atoms with Gasteiger partial charge in [-0.05, 0) is 51.3 Å². The van der Waals surface area contributed by atoms with Crippen LogP contribution in [0.2, 0.25) is 0 Å². The molecule has 0 amide bonds. The Morgan fingerprint density at radius 2 is 1.76 bits per heavy atom. The van der Waals surface area contributed by atoms with Crippen LogP contribution in [0.1, 0.15) is 16.0 Å². The van der Waals surface area contributed by atoms with Crippen molar-refractivity contribution in [3.8, 4) is 5.75 Å². The standard InChI is InChI=1S/C16H15Br3O2/c1-20-7-8-21-15-6-5-12(10-14(15)18)16(19)11-3-2-4-13(17)9-11/h2-6,9-10,16H,7-8H2,1H3. The third kappa shape index (κ3) is 4.81. The predicted octanol–water partition coefficient (Wildman–Crippen LogP) is 5.72. The molecule has 0 bridgehead atoms. The summed E-state index contributed by atoms with van der Waals surface area (Å²) in [5.74, 6) is 0.824. The minimum Gasteiger partial charge on any atom is -0.490 e. The van der Waals surface area contributed by atoms with Crippen LogP contribution in [0, 0.1) is 0 Å². The normalized spacial score (nSPS) is 12.2. The van der Waals surface area contributed by atoms with Crippen LogP contribution < -0.4 is 4.74 Å². The van der Waals surface area contributed by atoms with Crippen LogP contribution in [-0.4, -0.2) is 20.3 Å². The Balaban J connectivity index is 2.15. The van der Waals surface area contributed by atoms with E-state index in [2.05, 4.69) is 72.1 Å². The highest BCUT2D eigenvalue weighted by Gasteiger charge is 2.12. The lowest BCUT2D eigenvalue weighted by atomic mass is 10.0. The zero-order valence-electron chi connectivity index (χ0n) is 11.5. The maximum absolute atomic E-state index is 5.64. The summed E-state index contributed by atoms with van der Waals surface area (Å²) in [7, 11) is 1.66. The molecule has 0 saturated heterocycles. The van der Waals surface area contributed by atoms with E-state index in [0.29, 0.717) is 13.2 Å². The SMILES string of the molecule is COCCOc1ccc(C(Br)c2cccc(Br)c2)cc1Br. The topological polar surface area (TPSA) is 18.5 Å². The minimum atomic E-state index is 0.138. The summed E-state index contributed by atoms with van der Waals surface area (Å²) >= 11 is 10.8. The summed E-state index contributed by atoms with van der Waals surface area (Å²) < 4.78 is 12.6. The molecule has 0 saturated carbocycles. The van der Waals surface area contributed by atoms with Crippen molar-refractivity contribution in [1.29, 1.82) is 0 Å². The molecular weight excluding hydrogens is 464 g/mol. The highest BCUT2D eigenvalue weighted by molar-refractivity contribution is 9.11. The van der Waals surface area contributed by atoms with Gasteiger partial charge < -0.3 is 9.47 Å². The van der Waals surface area contributed by atoms with E-state index in [1.54, 1.807) is 7.11 Å². The predicted molar refractivity (Wildman–Crippen MR) is 96.4 cm³/mol. The summed E-state index contributed by atoms with van der Waals surface area (Å²) in [5.41, 5.74) is 2.36. The van der Waals surface area contributed by atoms with Crippen LogP contribution in [0.4, 0.5) is 0 Å². The Bertz CT molecular complexity index is 602.